The van der Waals surface area contributed by atoms with Gasteiger partial charge in [-0.1, -0.05) is 24.3 Å². The van der Waals surface area contributed by atoms with E-state index in [4.69, 9.17) is 0 Å². The molecule has 1 aliphatic heterocycles. The Labute approximate surface area is 153 Å². The van der Waals surface area contributed by atoms with Crippen molar-refractivity contribution in [2.75, 3.05) is 37.6 Å². The predicted molar refractivity (Wildman–Crippen MR) is 99.7 cm³/mol. The maximum atomic E-state index is 13.5. The maximum absolute atomic E-state index is 13.5. The average molecular weight is 357 g/mol. The zero-order valence-electron chi connectivity index (χ0n) is 14.9. The van der Waals surface area contributed by atoms with E-state index >= 15 is 0 Å². The molecule has 2 aromatic rings. The molecule has 1 saturated heterocycles. The fraction of sp³-hybridized carbons (Fsp3) is 0.350. The van der Waals surface area contributed by atoms with Crippen molar-refractivity contribution in [3.63, 3.8) is 0 Å². The van der Waals surface area contributed by atoms with Gasteiger partial charge >= 0.3 is 0 Å². The number of carbonyl (C=O) groups is 1. The topological polar surface area (TPSA) is 55.8 Å². The summed E-state index contributed by atoms with van der Waals surface area (Å²) in [5, 5.41) is 12.8. The van der Waals surface area contributed by atoms with Gasteiger partial charge in [-0.25, -0.2) is 4.39 Å². The number of benzene rings is 2. The number of rotatable bonds is 5. The van der Waals surface area contributed by atoms with Crippen LogP contribution in [0.25, 0.3) is 0 Å². The Hall–Kier alpha value is -2.60. The van der Waals surface area contributed by atoms with E-state index in [-0.39, 0.29) is 17.5 Å². The molecule has 0 atom stereocenters. The smallest absolute Gasteiger partial charge is 0.234 e. The van der Waals surface area contributed by atoms with Crippen LogP contribution in [0.2, 0.25) is 0 Å². The molecule has 1 fully saturated rings. The van der Waals surface area contributed by atoms with Crippen molar-refractivity contribution in [1.29, 1.82) is 0 Å². The molecule has 0 aliphatic carbocycles. The van der Waals surface area contributed by atoms with Gasteiger partial charge in [0.15, 0.2) is 0 Å². The number of nitrogens with one attached hydrogen (secondary N) is 1. The van der Waals surface area contributed by atoms with Crippen molar-refractivity contribution in [1.82, 2.24) is 10.2 Å². The number of piperazine rings is 1. The zero-order valence-corrected chi connectivity index (χ0v) is 14.9. The molecule has 26 heavy (non-hydrogen) atoms. The number of hydrogen-bond acceptors (Lipinski definition) is 4. The lowest BCUT2D eigenvalue weighted by Gasteiger charge is -2.35. The molecule has 1 amide bonds. The van der Waals surface area contributed by atoms with Crippen LogP contribution in [0.1, 0.15) is 11.1 Å². The van der Waals surface area contributed by atoms with Crippen LogP contribution in [0.4, 0.5) is 10.1 Å². The Morgan fingerprint density at radius 2 is 1.88 bits per heavy atom. The highest BCUT2D eigenvalue weighted by Crippen LogP contribution is 2.27. The Bertz CT molecular complexity index is 773. The second-order valence-corrected chi connectivity index (χ2v) is 6.61. The van der Waals surface area contributed by atoms with E-state index in [9.17, 15) is 14.3 Å². The number of amides is 1. The minimum absolute atomic E-state index is 0.0676. The monoisotopic (exact) mass is 357 g/mol. The van der Waals surface area contributed by atoms with Gasteiger partial charge in [0, 0.05) is 32.7 Å². The number of aromatic hydroxyl groups is 1. The van der Waals surface area contributed by atoms with Crippen LogP contribution in [-0.4, -0.2) is 48.6 Å². The summed E-state index contributed by atoms with van der Waals surface area (Å²) in [7, 11) is 0. The fourth-order valence-electron chi connectivity index (χ4n) is 3.08. The molecule has 0 saturated carbocycles. The van der Waals surface area contributed by atoms with Gasteiger partial charge < -0.3 is 15.3 Å². The van der Waals surface area contributed by atoms with Gasteiger partial charge in [0.05, 0.1) is 12.2 Å². The number of halogens is 1. The summed E-state index contributed by atoms with van der Waals surface area (Å²) in [5.41, 5.74) is 2.19. The first-order valence-electron chi connectivity index (χ1n) is 8.80. The molecule has 0 aromatic heterocycles. The molecule has 0 unspecified atom stereocenters. The SMILES string of the molecule is Cc1ccc(CNC(=O)CN2CCN(c3ccccc3O)CC2)cc1F. The second kappa shape index (κ2) is 8.19. The van der Waals surface area contributed by atoms with Crippen molar-refractivity contribution in [3.05, 3.63) is 59.4 Å². The summed E-state index contributed by atoms with van der Waals surface area (Å²) in [5.74, 6) is -0.0388. The van der Waals surface area contributed by atoms with Crippen LogP contribution < -0.4 is 10.2 Å². The lowest BCUT2D eigenvalue weighted by molar-refractivity contribution is -0.122. The van der Waals surface area contributed by atoms with E-state index < -0.39 is 0 Å². The van der Waals surface area contributed by atoms with Gasteiger partial charge in [-0.05, 0) is 36.2 Å². The number of nitrogens with zero attached hydrogens (tertiary/aromatic N) is 2. The average Bonchev–Trinajstić information content (AvgIpc) is 2.64. The molecule has 138 valence electrons. The van der Waals surface area contributed by atoms with Gasteiger partial charge in [-0.2, -0.15) is 0 Å². The summed E-state index contributed by atoms with van der Waals surface area (Å²) >= 11 is 0. The molecular formula is C20H24FN3O2. The molecule has 1 aliphatic rings. The first-order valence-corrected chi connectivity index (χ1v) is 8.80. The summed E-state index contributed by atoms with van der Waals surface area (Å²) in [6.45, 7) is 5.38. The van der Waals surface area contributed by atoms with Gasteiger partial charge in [0.25, 0.3) is 0 Å². The van der Waals surface area contributed by atoms with Crippen LogP contribution >= 0.6 is 0 Å². The highest BCUT2D eigenvalue weighted by molar-refractivity contribution is 5.78. The van der Waals surface area contributed by atoms with Crippen LogP contribution in [0.15, 0.2) is 42.5 Å². The Morgan fingerprint density at radius 3 is 2.58 bits per heavy atom. The second-order valence-electron chi connectivity index (χ2n) is 6.61. The summed E-state index contributed by atoms with van der Waals surface area (Å²) in [6, 6.07) is 12.3. The molecule has 0 bridgehead atoms. The maximum Gasteiger partial charge on any atom is 0.234 e. The highest BCUT2D eigenvalue weighted by atomic mass is 19.1. The third kappa shape index (κ3) is 4.52. The number of phenolic OH excluding ortho intramolecular Hbond substituents is 1. The summed E-state index contributed by atoms with van der Waals surface area (Å²) < 4.78 is 13.5. The Kier molecular flexibility index (Phi) is 5.73. The molecule has 2 N–H and O–H groups in total. The van der Waals surface area contributed by atoms with E-state index in [1.54, 1.807) is 25.1 Å². The molecule has 6 heteroatoms. The van der Waals surface area contributed by atoms with E-state index in [2.05, 4.69) is 15.1 Å². The molecule has 0 radical (unpaired) electrons. The predicted octanol–water partition coefficient (Wildman–Crippen LogP) is 2.28. The molecule has 5 nitrogen and oxygen atoms in total. The lowest BCUT2D eigenvalue weighted by atomic mass is 10.1. The van der Waals surface area contributed by atoms with Gasteiger partial charge in [0.2, 0.25) is 5.91 Å². The minimum atomic E-state index is -0.253. The standard InChI is InChI=1S/C20H24FN3O2/c1-15-6-7-16(12-17(15)21)13-22-20(26)14-23-8-10-24(11-9-23)18-4-2-3-5-19(18)25/h2-7,12,25H,8-11,13-14H2,1H3,(H,22,26). The largest absolute Gasteiger partial charge is 0.506 e. The molecule has 1 heterocycles. The van der Waals surface area contributed by atoms with E-state index in [1.165, 1.54) is 6.07 Å². The van der Waals surface area contributed by atoms with Gasteiger partial charge in [-0.3, -0.25) is 9.69 Å². The first-order chi connectivity index (χ1) is 12.5. The van der Waals surface area contributed by atoms with E-state index in [1.807, 2.05) is 18.2 Å². The van der Waals surface area contributed by atoms with E-state index in [0.29, 0.717) is 18.7 Å². The van der Waals surface area contributed by atoms with Crippen LogP contribution in [0, 0.1) is 12.7 Å². The summed E-state index contributed by atoms with van der Waals surface area (Å²) in [6.07, 6.45) is 0. The molecule has 2 aromatic carbocycles. The van der Waals surface area contributed by atoms with Crippen molar-refractivity contribution in [2.45, 2.75) is 13.5 Å². The Balaban J connectivity index is 1.44. The highest BCUT2D eigenvalue weighted by Gasteiger charge is 2.20. The summed E-state index contributed by atoms with van der Waals surface area (Å²) in [4.78, 5) is 16.4. The third-order valence-electron chi connectivity index (χ3n) is 4.69. The van der Waals surface area contributed by atoms with Crippen molar-refractivity contribution in [3.8, 4) is 5.75 Å². The Morgan fingerprint density at radius 1 is 1.15 bits per heavy atom. The fourth-order valence-corrected chi connectivity index (χ4v) is 3.08. The van der Waals surface area contributed by atoms with Gasteiger partial charge in [0.1, 0.15) is 11.6 Å². The minimum Gasteiger partial charge on any atom is -0.506 e. The van der Waals surface area contributed by atoms with Crippen molar-refractivity contribution < 1.29 is 14.3 Å². The lowest BCUT2D eigenvalue weighted by Crippen LogP contribution is -2.49. The quantitative estimate of drug-likeness (QED) is 0.862. The van der Waals surface area contributed by atoms with Crippen LogP contribution in [-0.2, 0) is 11.3 Å². The number of hydrogen-bond donors (Lipinski definition) is 2. The zero-order chi connectivity index (χ0) is 18.5. The number of carbonyl (C=O) groups excluding carboxylic acids is 1. The van der Waals surface area contributed by atoms with Crippen molar-refractivity contribution >= 4 is 11.6 Å². The number of phenols is 1. The normalized spacial score (nSPS) is 15.1. The van der Waals surface area contributed by atoms with Crippen molar-refractivity contribution in [2.24, 2.45) is 0 Å². The van der Waals surface area contributed by atoms with Crippen LogP contribution in [0.5, 0.6) is 5.75 Å². The van der Waals surface area contributed by atoms with Crippen LogP contribution in [0.3, 0.4) is 0 Å². The molecular weight excluding hydrogens is 333 g/mol. The molecule has 3 rings (SSSR count). The number of para-hydroxylation sites is 2. The third-order valence-corrected chi connectivity index (χ3v) is 4.69. The first kappa shape index (κ1) is 18.2. The molecule has 0 spiro atoms. The number of anilines is 1. The van der Waals surface area contributed by atoms with E-state index in [0.717, 1.165) is 37.4 Å². The number of aryl methyl sites for hydroxylation is 1. The van der Waals surface area contributed by atoms with Gasteiger partial charge in [-0.15, -0.1) is 0 Å².